The molecule has 0 spiro atoms. The Labute approximate surface area is 182 Å². The first-order valence-electron chi connectivity index (χ1n) is 9.87. The number of carbonyl (C=O) groups excluding carboxylic acids is 1. The minimum atomic E-state index is -0.441. The molecule has 1 aliphatic carbocycles. The third kappa shape index (κ3) is 2.86. The monoisotopic (exact) mass is 458 g/mol. The highest BCUT2D eigenvalue weighted by Crippen LogP contribution is 2.46. The molecule has 0 fully saturated rings. The lowest BCUT2D eigenvalue weighted by atomic mass is 9.75. The standard InChI is InChI=1S/C24H19BrN4O/c25-16-5-7-17(8-6-16)29-20-2-1-3-21(30)23(20)22(18(13-26)24(29)27)15-4-9-19-14(12-15)10-11-28-19/h4-12,22,28H,1-3,27H2/t22-/m1/s1. The summed E-state index contributed by atoms with van der Waals surface area (Å²) in [6.07, 6.45) is 3.91. The summed E-state index contributed by atoms with van der Waals surface area (Å²) in [5, 5.41) is 11.1. The maximum Gasteiger partial charge on any atom is 0.161 e. The molecule has 1 atom stereocenters. The van der Waals surface area contributed by atoms with E-state index in [1.54, 1.807) is 0 Å². The van der Waals surface area contributed by atoms with E-state index in [2.05, 4.69) is 27.0 Å². The lowest BCUT2D eigenvalue weighted by Gasteiger charge is -2.39. The zero-order valence-corrected chi connectivity index (χ0v) is 17.7. The molecule has 30 heavy (non-hydrogen) atoms. The molecular formula is C24H19BrN4O. The van der Waals surface area contributed by atoms with Gasteiger partial charge in [-0.25, -0.2) is 0 Å². The van der Waals surface area contributed by atoms with Crippen LogP contribution in [-0.4, -0.2) is 10.8 Å². The fraction of sp³-hybridized carbons (Fsp3) is 0.167. The van der Waals surface area contributed by atoms with Gasteiger partial charge in [-0.1, -0.05) is 22.0 Å². The quantitative estimate of drug-likeness (QED) is 0.549. The van der Waals surface area contributed by atoms with Crippen LogP contribution in [-0.2, 0) is 4.79 Å². The topological polar surface area (TPSA) is 85.9 Å². The first-order valence-corrected chi connectivity index (χ1v) is 10.7. The number of aromatic amines is 1. The number of nitriles is 1. The number of allylic oxidation sites excluding steroid dienone is 3. The van der Waals surface area contributed by atoms with E-state index in [9.17, 15) is 10.1 Å². The smallest absolute Gasteiger partial charge is 0.161 e. The number of H-pyrrole nitrogens is 1. The van der Waals surface area contributed by atoms with Gasteiger partial charge in [-0.2, -0.15) is 5.26 Å². The number of anilines is 1. The molecule has 0 radical (unpaired) electrons. The lowest BCUT2D eigenvalue weighted by molar-refractivity contribution is -0.116. The molecule has 3 aromatic rings. The Kier molecular flexibility index (Phi) is 4.48. The van der Waals surface area contributed by atoms with Gasteiger partial charge in [0.1, 0.15) is 5.82 Å². The number of nitrogens with two attached hydrogens (primary N) is 1. The first-order chi connectivity index (χ1) is 14.6. The number of nitrogens with one attached hydrogen (secondary N) is 1. The van der Waals surface area contributed by atoms with E-state index >= 15 is 0 Å². The van der Waals surface area contributed by atoms with Crippen molar-refractivity contribution in [3.05, 3.63) is 87.4 Å². The third-order valence-corrected chi connectivity index (χ3v) is 6.44. The number of hydrogen-bond donors (Lipinski definition) is 2. The summed E-state index contributed by atoms with van der Waals surface area (Å²) in [6.45, 7) is 0. The van der Waals surface area contributed by atoms with Gasteiger partial charge in [-0.3, -0.25) is 9.69 Å². The Morgan fingerprint density at radius 1 is 1.13 bits per heavy atom. The number of ketones is 1. The highest BCUT2D eigenvalue weighted by atomic mass is 79.9. The molecule has 2 aliphatic rings. The molecule has 5 nitrogen and oxygen atoms in total. The Morgan fingerprint density at radius 2 is 1.93 bits per heavy atom. The summed E-state index contributed by atoms with van der Waals surface area (Å²) >= 11 is 3.46. The highest BCUT2D eigenvalue weighted by Gasteiger charge is 2.40. The van der Waals surface area contributed by atoms with Crippen LogP contribution in [0.4, 0.5) is 5.69 Å². The maximum absolute atomic E-state index is 13.2. The van der Waals surface area contributed by atoms with Crippen LogP contribution in [0.3, 0.4) is 0 Å². The van der Waals surface area contributed by atoms with Crippen LogP contribution < -0.4 is 10.6 Å². The maximum atomic E-state index is 13.2. The summed E-state index contributed by atoms with van der Waals surface area (Å²) in [5.41, 5.74) is 11.4. The number of Topliss-reactive ketones (excluding diaryl/α,β-unsaturated/α-hetero) is 1. The zero-order chi connectivity index (χ0) is 20.8. The molecule has 6 heteroatoms. The van der Waals surface area contributed by atoms with Crippen molar-refractivity contribution in [3.63, 3.8) is 0 Å². The van der Waals surface area contributed by atoms with E-state index < -0.39 is 5.92 Å². The summed E-state index contributed by atoms with van der Waals surface area (Å²) in [7, 11) is 0. The van der Waals surface area contributed by atoms with Gasteiger partial charge >= 0.3 is 0 Å². The van der Waals surface area contributed by atoms with Crippen LogP contribution >= 0.6 is 15.9 Å². The van der Waals surface area contributed by atoms with Crippen LogP contribution in [0, 0.1) is 11.3 Å². The Morgan fingerprint density at radius 3 is 2.70 bits per heavy atom. The summed E-state index contributed by atoms with van der Waals surface area (Å²) in [6, 6.07) is 18.1. The average molecular weight is 459 g/mol. The number of nitrogens with zero attached hydrogens (tertiary/aromatic N) is 2. The van der Waals surface area contributed by atoms with Crippen molar-refractivity contribution in [3.8, 4) is 6.07 Å². The lowest BCUT2D eigenvalue weighted by Crippen LogP contribution is -2.38. The Bertz CT molecular complexity index is 1280. The van der Waals surface area contributed by atoms with Crippen molar-refractivity contribution in [1.29, 1.82) is 5.26 Å². The van der Waals surface area contributed by atoms with E-state index in [-0.39, 0.29) is 5.78 Å². The first kappa shape index (κ1) is 18.7. The molecule has 1 aliphatic heterocycles. The zero-order valence-electron chi connectivity index (χ0n) is 16.2. The normalized spacial score (nSPS) is 19.3. The largest absolute Gasteiger partial charge is 0.384 e. The number of rotatable bonds is 2. The predicted octanol–water partition coefficient (Wildman–Crippen LogP) is 5.24. The number of halogens is 1. The van der Waals surface area contributed by atoms with Crippen LogP contribution in [0.2, 0.25) is 0 Å². The number of carbonyl (C=O) groups is 1. The second-order valence-corrected chi connectivity index (χ2v) is 8.53. The molecule has 2 heterocycles. The molecule has 0 saturated carbocycles. The third-order valence-electron chi connectivity index (χ3n) is 5.91. The molecule has 2 aromatic carbocycles. The molecule has 0 bridgehead atoms. The van der Waals surface area contributed by atoms with E-state index in [0.29, 0.717) is 23.4 Å². The van der Waals surface area contributed by atoms with Crippen LogP contribution in [0.15, 0.2) is 81.9 Å². The number of benzene rings is 2. The Balaban J connectivity index is 1.75. The van der Waals surface area contributed by atoms with Crippen LogP contribution in [0.1, 0.15) is 30.7 Å². The molecule has 0 amide bonds. The summed E-state index contributed by atoms with van der Waals surface area (Å²) in [4.78, 5) is 18.2. The molecular weight excluding hydrogens is 440 g/mol. The van der Waals surface area contributed by atoms with E-state index in [0.717, 1.165) is 45.2 Å². The van der Waals surface area contributed by atoms with Gasteiger partial charge in [0.15, 0.2) is 5.78 Å². The predicted molar refractivity (Wildman–Crippen MR) is 120 cm³/mol. The number of fused-ring (bicyclic) bond motifs is 1. The molecule has 3 N–H and O–H groups in total. The second kappa shape index (κ2) is 7.19. The molecule has 0 unspecified atom stereocenters. The minimum absolute atomic E-state index is 0.0952. The van der Waals surface area contributed by atoms with Crippen LogP contribution in [0.25, 0.3) is 10.9 Å². The van der Waals surface area contributed by atoms with Gasteiger partial charge in [0.05, 0.1) is 17.6 Å². The van der Waals surface area contributed by atoms with E-state index in [1.807, 2.05) is 59.6 Å². The van der Waals surface area contributed by atoms with Crippen molar-refractivity contribution in [2.45, 2.75) is 25.2 Å². The fourth-order valence-corrected chi connectivity index (χ4v) is 4.82. The van der Waals surface area contributed by atoms with Gasteiger partial charge in [0, 0.05) is 39.6 Å². The van der Waals surface area contributed by atoms with Gasteiger partial charge in [-0.15, -0.1) is 0 Å². The Hall–Kier alpha value is -3.30. The van der Waals surface area contributed by atoms with Gasteiger partial charge in [0.25, 0.3) is 0 Å². The van der Waals surface area contributed by atoms with Crippen molar-refractivity contribution in [2.75, 3.05) is 4.90 Å². The fourth-order valence-electron chi connectivity index (χ4n) is 4.56. The van der Waals surface area contributed by atoms with Crippen LogP contribution in [0.5, 0.6) is 0 Å². The molecule has 148 valence electrons. The SMILES string of the molecule is N#CC1=C(N)N(c2ccc(Br)cc2)C2=C(C(=O)CCC2)[C@@H]1c1ccc2[nH]ccc2c1. The number of aromatic nitrogens is 1. The van der Waals surface area contributed by atoms with Crippen molar-refractivity contribution in [2.24, 2.45) is 5.73 Å². The summed E-state index contributed by atoms with van der Waals surface area (Å²) in [5.74, 6) is 0.0500. The summed E-state index contributed by atoms with van der Waals surface area (Å²) < 4.78 is 0.956. The van der Waals surface area contributed by atoms with E-state index in [1.165, 1.54) is 0 Å². The van der Waals surface area contributed by atoms with Crippen molar-refractivity contribution < 1.29 is 4.79 Å². The molecule has 5 rings (SSSR count). The van der Waals surface area contributed by atoms with Gasteiger partial charge < -0.3 is 10.7 Å². The van der Waals surface area contributed by atoms with Crippen molar-refractivity contribution >= 4 is 38.3 Å². The van der Waals surface area contributed by atoms with Gasteiger partial charge in [0.2, 0.25) is 0 Å². The highest BCUT2D eigenvalue weighted by molar-refractivity contribution is 9.10. The second-order valence-electron chi connectivity index (χ2n) is 7.62. The van der Waals surface area contributed by atoms with Gasteiger partial charge in [-0.05, 0) is 66.3 Å². The number of hydrogen-bond acceptors (Lipinski definition) is 4. The van der Waals surface area contributed by atoms with E-state index in [4.69, 9.17) is 5.73 Å². The molecule has 1 aromatic heterocycles. The van der Waals surface area contributed by atoms with Crippen molar-refractivity contribution in [1.82, 2.24) is 4.98 Å². The molecule has 0 saturated heterocycles. The minimum Gasteiger partial charge on any atom is -0.384 e. The average Bonchev–Trinajstić information content (AvgIpc) is 3.22.